The highest BCUT2D eigenvalue weighted by atomic mass is 16.5. The number of hydrogen-bond acceptors (Lipinski definition) is 4. The Balaban J connectivity index is 2.88. The van der Waals surface area contributed by atoms with Crippen molar-refractivity contribution in [3.63, 3.8) is 0 Å². The van der Waals surface area contributed by atoms with E-state index < -0.39 is 0 Å². The maximum atomic E-state index is 5.56. The molecule has 0 aliphatic heterocycles. The summed E-state index contributed by atoms with van der Waals surface area (Å²) in [7, 11) is 0. The van der Waals surface area contributed by atoms with Gasteiger partial charge in [-0.2, -0.15) is 4.98 Å². The average molecular weight is 169 g/mol. The van der Waals surface area contributed by atoms with Gasteiger partial charge in [0.05, 0.1) is 5.41 Å². The van der Waals surface area contributed by atoms with Gasteiger partial charge in [0.15, 0.2) is 5.82 Å². The monoisotopic (exact) mass is 169 g/mol. The zero-order valence-corrected chi connectivity index (χ0v) is 7.79. The second-order valence-corrected chi connectivity index (χ2v) is 3.46. The molecule has 1 heterocycles. The molecule has 4 heteroatoms. The highest BCUT2D eigenvalue weighted by Crippen LogP contribution is 2.19. The second kappa shape index (κ2) is 3.23. The second-order valence-electron chi connectivity index (χ2n) is 3.46. The molecule has 0 aliphatic carbocycles. The minimum absolute atomic E-state index is 0.208. The molecule has 0 saturated carbocycles. The molecule has 0 aliphatic rings. The predicted molar refractivity (Wildman–Crippen MR) is 45.8 cm³/mol. The maximum Gasteiger partial charge on any atom is 0.233 e. The van der Waals surface area contributed by atoms with Gasteiger partial charge in [-0.15, -0.1) is 0 Å². The largest absolute Gasteiger partial charge is 0.339 e. The third kappa shape index (κ3) is 1.64. The molecule has 0 saturated heterocycles. The van der Waals surface area contributed by atoms with Crippen LogP contribution in [0.5, 0.6) is 0 Å². The summed E-state index contributed by atoms with van der Waals surface area (Å²) in [5.74, 6) is 1.37. The number of nitrogens with zero attached hydrogens (tertiary/aromatic N) is 2. The molecule has 2 N–H and O–H groups in total. The fraction of sp³-hybridized carbons (Fsp3) is 0.750. The molecule has 68 valence electrons. The Morgan fingerprint density at radius 3 is 2.58 bits per heavy atom. The lowest BCUT2D eigenvalue weighted by atomic mass is 9.94. The molecule has 0 unspecified atom stereocenters. The van der Waals surface area contributed by atoms with Crippen molar-refractivity contribution in [2.75, 3.05) is 6.54 Å². The van der Waals surface area contributed by atoms with Gasteiger partial charge in [-0.05, 0) is 13.8 Å². The Hall–Kier alpha value is -0.900. The minimum Gasteiger partial charge on any atom is -0.339 e. The van der Waals surface area contributed by atoms with Crippen LogP contribution in [0, 0.1) is 0 Å². The van der Waals surface area contributed by atoms with E-state index in [9.17, 15) is 0 Å². The molecule has 0 aromatic carbocycles. The van der Waals surface area contributed by atoms with Gasteiger partial charge < -0.3 is 10.3 Å². The molecule has 0 bridgehead atoms. The summed E-state index contributed by atoms with van der Waals surface area (Å²) in [6.07, 6.45) is 0.796. The summed E-state index contributed by atoms with van der Waals surface area (Å²) in [5, 5.41) is 3.81. The van der Waals surface area contributed by atoms with E-state index in [1.165, 1.54) is 0 Å². The summed E-state index contributed by atoms with van der Waals surface area (Å²) >= 11 is 0. The number of aromatic nitrogens is 2. The summed E-state index contributed by atoms with van der Waals surface area (Å²) in [4.78, 5) is 4.21. The van der Waals surface area contributed by atoms with E-state index in [0.717, 1.165) is 12.2 Å². The molecule has 0 atom stereocenters. The topological polar surface area (TPSA) is 64.9 Å². The predicted octanol–water partition coefficient (Wildman–Crippen LogP) is 0.868. The molecule has 0 amide bonds. The highest BCUT2D eigenvalue weighted by Gasteiger charge is 2.25. The van der Waals surface area contributed by atoms with Crippen LogP contribution >= 0.6 is 0 Å². The number of nitrogens with two attached hydrogens (primary N) is 1. The van der Waals surface area contributed by atoms with Crippen LogP contribution in [0.3, 0.4) is 0 Å². The fourth-order valence-electron chi connectivity index (χ4n) is 0.760. The van der Waals surface area contributed by atoms with Gasteiger partial charge in [0, 0.05) is 13.0 Å². The third-order valence-electron chi connectivity index (χ3n) is 1.87. The van der Waals surface area contributed by atoms with Gasteiger partial charge in [0.1, 0.15) is 0 Å². The van der Waals surface area contributed by atoms with Crippen molar-refractivity contribution in [1.82, 2.24) is 10.1 Å². The molecule has 1 aromatic rings. The normalized spacial score (nSPS) is 12.0. The van der Waals surface area contributed by atoms with Crippen molar-refractivity contribution >= 4 is 0 Å². The van der Waals surface area contributed by atoms with Crippen LogP contribution in [0.15, 0.2) is 4.52 Å². The lowest BCUT2D eigenvalue weighted by molar-refractivity contribution is 0.309. The number of aryl methyl sites for hydroxylation is 1. The molecule has 0 spiro atoms. The van der Waals surface area contributed by atoms with Crippen molar-refractivity contribution < 1.29 is 4.52 Å². The first-order valence-corrected chi connectivity index (χ1v) is 4.13. The molecular weight excluding hydrogens is 154 g/mol. The summed E-state index contributed by atoms with van der Waals surface area (Å²) in [6.45, 7) is 6.47. The van der Waals surface area contributed by atoms with Crippen LogP contribution in [-0.4, -0.2) is 16.7 Å². The van der Waals surface area contributed by atoms with Gasteiger partial charge in [0.25, 0.3) is 0 Å². The first-order chi connectivity index (χ1) is 5.60. The first-order valence-electron chi connectivity index (χ1n) is 4.13. The van der Waals surface area contributed by atoms with E-state index in [0.29, 0.717) is 12.4 Å². The number of rotatable bonds is 3. The zero-order valence-electron chi connectivity index (χ0n) is 7.79. The van der Waals surface area contributed by atoms with Gasteiger partial charge in [0.2, 0.25) is 5.89 Å². The SMILES string of the molecule is CCc1noc(C(C)(C)CN)n1. The molecule has 12 heavy (non-hydrogen) atoms. The Morgan fingerprint density at radius 2 is 2.17 bits per heavy atom. The summed E-state index contributed by atoms with van der Waals surface area (Å²) in [5.41, 5.74) is 5.35. The van der Waals surface area contributed by atoms with Gasteiger partial charge in [-0.3, -0.25) is 0 Å². The van der Waals surface area contributed by atoms with E-state index in [-0.39, 0.29) is 5.41 Å². The van der Waals surface area contributed by atoms with Crippen LogP contribution in [0.2, 0.25) is 0 Å². The quantitative estimate of drug-likeness (QED) is 0.729. The molecule has 0 fully saturated rings. The molecule has 4 nitrogen and oxygen atoms in total. The third-order valence-corrected chi connectivity index (χ3v) is 1.87. The van der Waals surface area contributed by atoms with Crippen LogP contribution in [0.1, 0.15) is 32.5 Å². The van der Waals surface area contributed by atoms with Crippen molar-refractivity contribution in [3.05, 3.63) is 11.7 Å². The van der Waals surface area contributed by atoms with Crippen LogP contribution in [0.25, 0.3) is 0 Å². The van der Waals surface area contributed by atoms with Gasteiger partial charge >= 0.3 is 0 Å². The van der Waals surface area contributed by atoms with Crippen molar-refractivity contribution in [1.29, 1.82) is 0 Å². The molecule has 0 radical (unpaired) electrons. The Morgan fingerprint density at radius 1 is 1.50 bits per heavy atom. The lowest BCUT2D eigenvalue weighted by Crippen LogP contribution is -2.28. The average Bonchev–Trinajstić information content (AvgIpc) is 2.52. The molecular formula is C8H15N3O. The summed E-state index contributed by atoms with van der Waals surface area (Å²) < 4.78 is 5.07. The van der Waals surface area contributed by atoms with E-state index in [1.807, 2.05) is 20.8 Å². The van der Waals surface area contributed by atoms with E-state index >= 15 is 0 Å². The van der Waals surface area contributed by atoms with Crippen molar-refractivity contribution in [2.24, 2.45) is 5.73 Å². The maximum absolute atomic E-state index is 5.56. The lowest BCUT2D eigenvalue weighted by Gasteiger charge is -2.15. The molecule has 1 aromatic heterocycles. The van der Waals surface area contributed by atoms with Crippen molar-refractivity contribution in [3.8, 4) is 0 Å². The standard InChI is InChI=1S/C8H15N3O/c1-4-6-10-7(12-11-6)8(2,3)5-9/h4-5,9H2,1-3H3. The fourth-order valence-corrected chi connectivity index (χ4v) is 0.760. The molecule has 1 rings (SSSR count). The Labute approximate surface area is 72.1 Å². The Bertz CT molecular complexity index is 255. The van der Waals surface area contributed by atoms with Gasteiger partial charge in [-0.25, -0.2) is 0 Å². The smallest absolute Gasteiger partial charge is 0.233 e. The van der Waals surface area contributed by atoms with E-state index in [4.69, 9.17) is 10.3 Å². The first kappa shape index (κ1) is 9.19. The number of hydrogen-bond donors (Lipinski definition) is 1. The van der Waals surface area contributed by atoms with E-state index in [2.05, 4.69) is 10.1 Å². The van der Waals surface area contributed by atoms with Crippen molar-refractivity contribution in [2.45, 2.75) is 32.6 Å². The van der Waals surface area contributed by atoms with Crippen LogP contribution < -0.4 is 5.73 Å². The van der Waals surface area contributed by atoms with Crippen LogP contribution in [0.4, 0.5) is 0 Å². The minimum atomic E-state index is -0.208. The van der Waals surface area contributed by atoms with Crippen LogP contribution in [-0.2, 0) is 11.8 Å². The summed E-state index contributed by atoms with van der Waals surface area (Å²) in [6, 6.07) is 0. The van der Waals surface area contributed by atoms with E-state index in [1.54, 1.807) is 0 Å². The zero-order chi connectivity index (χ0) is 9.19. The van der Waals surface area contributed by atoms with Gasteiger partial charge in [-0.1, -0.05) is 12.1 Å². The highest BCUT2D eigenvalue weighted by molar-refractivity contribution is 5.01. The Kier molecular flexibility index (Phi) is 2.47.